The van der Waals surface area contributed by atoms with E-state index in [9.17, 15) is 13.6 Å². The van der Waals surface area contributed by atoms with Crippen LogP contribution in [0.5, 0.6) is 0 Å². The molecule has 1 aromatic heterocycles. The van der Waals surface area contributed by atoms with Crippen molar-refractivity contribution in [2.45, 2.75) is 17.5 Å². The van der Waals surface area contributed by atoms with Gasteiger partial charge in [0.1, 0.15) is 22.7 Å². The number of hydrogen-bond acceptors (Lipinski definition) is 3. The van der Waals surface area contributed by atoms with Gasteiger partial charge in [0.15, 0.2) is 0 Å². The maximum Gasteiger partial charge on any atom is 0.241 e. The number of aromatic nitrogens is 1. The predicted molar refractivity (Wildman–Crippen MR) is 77.9 cm³/mol. The van der Waals surface area contributed by atoms with Crippen LogP contribution in [0.4, 0.5) is 14.5 Å². The molecule has 1 fully saturated rings. The second-order valence-corrected chi connectivity index (χ2v) is 6.12. The Morgan fingerprint density at radius 3 is 2.52 bits per heavy atom. The van der Waals surface area contributed by atoms with Crippen molar-refractivity contribution in [2.24, 2.45) is 0 Å². The summed E-state index contributed by atoms with van der Waals surface area (Å²) in [5, 5.41) is -0.846. The molecular weight excluding hydrogens is 294 g/mol. The second-order valence-electron chi connectivity index (χ2n) is 4.70. The molecule has 3 nitrogen and oxygen atoms in total. The Morgan fingerprint density at radius 2 is 1.90 bits per heavy atom. The van der Waals surface area contributed by atoms with Gasteiger partial charge in [-0.25, -0.2) is 8.78 Å². The number of rotatable bonds is 2. The number of carbonyl (C=O) groups is 1. The predicted octanol–water partition coefficient (Wildman–Crippen LogP) is 3.53. The van der Waals surface area contributed by atoms with Crippen molar-refractivity contribution >= 4 is 23.4 Å². The number of benzene rings is 1. The third-order valence-corrected chi connectivity index (χ3v) is 4.65. The smallest absolute Gasteiger partial charge is 0.241 e. The number of carbonyl (C=O) groups excluding carboxylic acids is 1. The fourth-order valence-electron chi connectivity index (χ4n) is 2.32. The maximum atomic E-state index is 14.0. The first-order valence-electron chi connectivity index (χ1n) is 6.42. The van der Waals surface area contributed by atoms with E-state index in [1.54, 1.807) is 31.5 Å². The minimum Gasteiger partial charge on any atom is -0.289 e. The van der Waals surface area contributed by atoms with E-state index in [0.717, 1.165) is 17.7 Å². The average molecular weight is 306 g/mol. The highest BCUT2D eigenvalue weighted by Gasteiger charge is 2.41. The van der Waals surface area contributed by atoms with Crippen molar-refractivity contribution in [3.05, 3.63) is 59.9 Å². The van der Waals surface area contributed by atoms with E-state index in [-0.39, 0.29) is 16.8 Å². The number of anilines is 1. The van der Waals surface area contributed by atoms with E-state index in [4.69, 9.17) is 0 Å². The molecule has 108 valence electrons. The van der Waals surface area contributed by atoms with Crippen LogP contribution >= 0.6 is 11.8 Å². The van der Waals surface area contributed by atoms with E-state index in [0.29, 0.717) is 0 Å². The minimum absolute atomic E-state index is 0.298. The molecule has 0 radical (unpaired) electrons. The summed E-state index contributed by atoms with van der Waals surface area (Å²) in [4.78, 5) is 17.6. The monoisotopic (exact) mass is 306 g/mol. The maximum absolute atomic E-state index is 14.0. The summed E-state index contributed by atoms with van der Waals surface area (Å²) in [6.45, 7) is 1.73. The average Bonchev–Trinajstić information content (AvgIpc) is 2.77. The largest absolute Gasteiger partial charge is 0.289 e. The first-order valence-corrected chi connectivity index (χ1v) is 7.36. The van der Waals surface area contributed by atoms with Crippen LogP contribution in [-0.2, 0) is 4.79 Å². The molecule has 2 atom stereocenters. The van der Waals surface area contributed by atoms with Gasteiger partial charge < -0.3 is 0 Å². The quantitative estimate of drug-likeness (QED) is 0.851. The molecule has 6 heteroatoms. The van der Waals surface area contributed by atoms with Gasteiger partial charge in [-0.3, -0.25) is 14.7 Å². The van der Waals surface area contributed by atoms with Crippen LogP contribution < -0.4 is 4.90 Å². The lowest BCUT2D eigenvalue weighted by molar-refractivity contribution is -0.117. The van der Waals surface area contributed by atoms with E-state index in [1.807, 2.05) is 0 Å². The Kier molecular flexibility index (Phi) is 3.63. The van der Waals surface area contributed by atoms with Gasteiger partial charge in [0.25, 0.3) is 0 Å². The van der Waals surface area contributed by atoms with Gasteiger partial charge >= 0.3 is 0 Å². The Balaban J connectivity index is 2.11. The zero-order valence-electron chi connectivity index (χ0n) is 11.2. The molecule has 2 heterocycles. The molecule has 1 saturated heterocycles. The van der Waals surface area contributed by atoms with E-state index in [2.05, 4.69) is 4.98 Å². The second kappa shape index (κ2) is 5.44. The SMILES string of the molecule is CC1SC(c2cccnc2)N(c2c(F)cccc2F)C1=O. The van der Waals surface area contributed by atoms with Crippen LogP contribution in [0.25, 0.3) is 0 Å². The van der Waals surface area contributed by atoms with Gasteiger partial charge in [0, 0.05) is 18.0 Å². The number of nitrogens with zero attached hydrogens (tertiary/aromatic N) is 2. The van der Waals surface area contributed by atoms with Gasteiger partial charge in [-0.1, -0.05) is 12.1 Å². The number of hydrogen-bond donors (Lipinski definition) is 0. The Labute approximate surface area is 125 Å². The molecule has 0 N–H and O–H groups in total. The third kappa shape index (κ3) is 2.40. The van der Waals surface area contributed by atoms with Crippen molar-refractivity contribution in [1.82, 2.24) is 4.98 Å². The third-order valence-electron chi connectivity index (χ3n) is 3.30. The zero-order valence-corrected chi connectivity index (χ0v) is 12.0. The van der Waals surface area contributed by atoms with E-state index < -0.39 is 17.0 Å². The zero-order chi connectivity index (χ0) is 15.0. The first kappa shape index (κ1) is 14.0. The van der Waals surface area contributed by atoms with Gasteiger partial charge in [0.05, 0.1) is 5.25 Å². The first-order chi connectivity index (χ1) is 10.1. The molecule has 0 spiro atoms. The highest BCUT2D eigenvalue weighted by Crippen LogP contribution is 2.46. The van der Waals surface area contributed by atoms with Crippen molar-refractivity contribution in [3.8, 4) is 0 Å². The van der Waals surface area contributed by atoms with Crippen molar-refractivity contribution in [2.75, 3.05) is 4.90 Å². The lowest BCUT2D eigenvalue weighted by Crippen LogP contribution is -2.31. The topological polar surface area (TPSA) is 33.2 Å². The number of halogens is 2. The molecule has 2 aromatic rings. The van der Waals surface area contributed by atoms with Crippen molar-refractivity contribution in [3.63, 3.8) is 0 Å². The van der Waals surface area contributed by atoms with E-state index >= 15 is 0 Å². The fraction of sp³-hybridized carbons (Fsp3) is 0.200. The van der Waals surface area contributed by atoms with Gasteiger partial charge in [-0.05, 0) is 25.1 Å². The highest BCUT2D eigenvalue weighted by molar-refractivity contribution is 8.01. The molecule has 0 bridgehead atoms. The Bertz CT molecular complexity index is 660. The number of thioether (sulfide) groups is 1. The lowest BCUT2D eigenvalue weighted by Gasteiger charge is -2.24. The summed E-state index contributed by atoms with van der Waals surface area (Å²) in [5.41, 5.74) is 0.441. The molecule has 1 aromatic carbocycles. The lowest BCUT2D eigenvalue weighted by atomic mass is 10.2. The Hall–Kier alpha value is -1.95. The molecule has 1 aliphatic rings. The summed E-state index contributed by atoms with van der Waals surface area (Å²) in [6.07, 6.45) is 3.22. The molecule has 1 aliphatic heterocycles. The van der Waals surface area contributed by atoms with Crippen LogP contribution in [0.1, 0.15) is 17.9 Å². The number of amides is 1. The molecule has 3 rings (SSSR count). The van der Waals surface area contributed by atoms with Gasteiger partial charge in [-0.2, -0.15) is 0 Å². The summed E-state index contributed by atoms with van der Waals surface area (Å²) in [7, 11) is 0. The van der Waals surface area contributed by atoms with Crippen LogP contribution in [-0.4, -0.2) is 16.1 Å². The number of pyridine rings is 1. The normalized spacial score (nSPS) is 21.9. The molecule has 21 heavy (non-hydrogen) atoms. The van der Waals surface area contributed by atoms with Crippen LogP contribution in [0, 0.1) is 11.6 Å². The van der Waals surface area contributed by atoms with Crippen molar-refractivity contribution < 1.29 is 13.6 Å². The standard InChI is InChI=1S/C15H12F2N2OS/c1-9-14(20)19(13-11(16)5-2-6-12(13)17)15(21-9)10-4-3-7-18-8-10/h2-9,15H,1H3. The minimum atomic E-state index is -0.744. The molecular formula is C15H12F2N2OS. The summed E-state index contributed by atoms with van der Waals surface area (Å²) < 4.78 is 28.1. The van der Waals surface area contributed by atoms with Crippen molar-refractivity contribution in [1.29, 1.82) is 0 Å². The molecule has 1 amide bonds. The molecule has 0 saturated carbocycles. The number of para-hydroxylation sites is 1. The van der Waals surface area contributed by atoms with E-state index in [1.165, 1.54) is 22.7 Å². The molecule has 2 unspecified atom stereocenters. The van der Waals surface area contributed by atoms with Crippen LogP contribution in [0.2, 0.25) is 0 Å². The van der Waals surface area contributed by atoms with Gasteiger partial charge in [0.2, 0.25) is 5.91 Å². The fourth-order valence-corrected chi connectivity index (χ4v) is 3.56. The molecule has 0 aliphatic carbocycles. The Morgan fingerprint density at radius 1 is 1.19 bits per heavy atom. The van der Waals surface area contributed by atoms with Gasteiger partial charge in [-0.15, -0.1) is 11.8 Å². The van der Waals surface area contributed by atoms with Crippen LogP contribution in [0.3, 0.4) is 0 Å². The highest BCUT2D eigenvalue weighted by atomic mass is 32.2. The summed E-state index contributed by atoms with van der Waals surface area (Å²) >= 11 is 1.35. The van der Waals surface area contributed by atoms with Crippen LogP contribution in [0.15, 0.2) is 42.7 Å². The summed E-state index contributed by atoms with van der Waals surface area (Å²) in [6, 6.07) is 7.12. The summed E-state index contributed by atoms with van der Waals surface area (Å²) in [5.74, 6) is -1.79.